The number of aryl methyl sites for hydroxylation is 1. The molecule has 1 aliphatic heterocycles. The number of carbonyl (C=O) groups excluding carboxylic acids is 1. The molecule has 6 nitrogen and oxygen atoms in total. The third-order valence-electron chi connectivity index (χ3n) is 4.73. The molecular formula is C19H31N3O3S. The van der Waals surface area contributed by atoms with Gasteiger partial charge >= 0.3 is 0 Å². The molecule has 0 radical (unpaired) electrons. The first kappa shape index (κ1) is 20.9. The van der Waals surface area contributed by atoms with Gasteiger partial charge in [-0.3, -0.25) is 4.79 Å². The maximum Gasteiger partial charge on any atom is 0.254 e. The average molecular weight is 382 g/mol. The van der Waals surface area contributed by atoms with Gasteiger partial charge < -0.3 is 10.2 Å². The van der Waals surface area contributed by atoms with E-state index in [-0.39, 0.29) is 18.2 Å². The summed E-state index contributed by atoms with van der Waals surface area (Å²) in [7, 11) is -3.34. The highest BCUT2D eigenvalue weighted by Gasteiger charge is 2.26. The van der Waals surface area contributed by atoms with Gasteiger partial charge in [0.2, 0.25) is 10.0 Å². The van der Waals surface area contributed by atoms with E-state index in [1.165, 1.54) is 4.31 Å². The number of hydrogen-bond acceptors (Lipinski definition) is 4. The molecule has 1 aliphatic rings. The molecule has 1 fully saturated rings. The monoisotopic (exact) mass is 381 g/mol. The molecule has 1 amide bonds. The van der Waals surface area contributed by atoms with Crippen molar-refractivity contribution in [1.29, 1.82) is 0 Å². The molecule has 0 spiro atoms. The van der Waals surface area contributed by atoms with Crippen molar-refractivity contribution in [1.82, 2.24) is 14.5 Å². The Morgan fingerprint density at radius 2 is 1.85 bits per heavy atom. The Kier molecular flexibility index (Phi) is 7.61. The predicted molar refractivity (Wildman–Crippen MR) is 105 cm³/mol. The summed E-state index contributed by atoms with van der Waals surface area (Å²) in [6.45, 7) is 9.28. The van der Waals surface area contributed by atoms with Crippen LogP contribution in [0.3, 0.4) is 0 Å². The molecule has 0 bridgehead atoms. The molecule has 146 valence electrons. The number of carbonyl (C=O) groups is 1. The van der Waals surface area contributed by atoms with Crippen molar-refractivity contribution in [3.05, 3.63) is 35.4 Å². The Morgan fingerprint density at radius 1 is 1.19 bits per heavy atom. The summed E-state index contributed by atoms with van der Waals surface area (Å²) in [6.07, 6.45) is 0.852. The molecular weight excluding hydrogens is 350 g/mol. The standard InChI is InChI=1S/C19H31N3O3S/c1-16(2)8-11-21(19(23)18-7-5-4-6-17(18)3)14-15-26(24,25)22-12-9-20-10-13-22/h4-7,16,20H,8-15H2,1-3H3. The number of amides is 1. The summed E-state index contributed by atoms with van der Waals surface area (Å²) < 4.78 is 26.8. The quantitative estimate of drug-likeness (QED) is 0.744. The minimum atomic E-state index is -3.34. The van der Waals surface area contributed by atoms with E-state index in [1.54, 1.807) is 4.90 Å². The van der Waals surface area contributed by atoms with Crippen LogP contribution < -0.4 is 5.32 Å². The van der Waals surface area contributed by atoms with Crippen LogP contribution in [0.25, 0.3) is 0 Å². The second-order valence-electron chi connectivity index (χ2n) is 7.25. The van der Waals surface area contributed by atoms with Gasteiger partial charge in [0.15, 0.2) is 0 Å². The highest BCUT2D eigenvalue weighted by atomic mass is 32.2. The van der Waals surface area contributed by atoms with Gasteiger partial charge in [-0.25, -0.2) is 8.42 Å². The van der Waals surface area contributed by atoms with Gasteiger partial charge in [0.1, 0.15) is 0 Å². The summed E-state index contributed by atoms with van der Waals surface area (Å²) in [5.74, 6) is 0.342. The third-order valence-corrected chi connectivity index (χ3v) is 6.58. The van der Waals surface area contributed by atoms with Crippen molar-refractivity contribution in [2.24, 2.45) is 5.92 Å². The first-order chi connectivity index (χ1) is 12.3. The molecule has 2 rings (SSSR count). The van der Waals surface area contributed by atoms with Gasteiger partial charge in [-0.15, -0.1) is 0 Å². The highest BCUT2D eigenvalue weighted by molar-refractivity contribution is 7.89. The largest absolute Gasteiger partial charge is 0.338 e. The van der Waals surface area contributed by atoms with E-state index < -0.39 is 10.0 Å². The summed E-state index contributed by atoms with van der Waals surface area (Å²) >= 11 is 0. The molecule has 7 heteroatoms. The van der Waals surface area contributed by atoms with Crippen molar-refractivity contribution in [2.75, 3.05) is 45.0 Å². The SMILES string of the molecule is Cc1ccccc1C(=O)N(CCC(C)C)CCS(=O)(=O)N1CCNCC1. The van der Waals surface area contributed by atoms with Crippen molar-refractivity contribution in [3.63, 3.8) is 0 Å². The van der Waals surface area contributed by atoms with Crippen LogP contribution in [-0.2, 0) is 10.0 Å². The van der Waals surface area contributed by atoms with E-state index in [4.69, 9.17) is 0 Å². The van der Waals surface area contributed by atoms with E-state index >= 15 is 0 Å². The zero-order valence-electron chi connectivity index (χ0n) is 16.1. The lowest BCUT2D eigenvalue weighted by Crippen LogP contribution is -2.48. The minimum absolute atomic E-state index is 0.0251. The molecule has 0 saturated carbocycles. The van der Waals surface area contributed by atoms with Crippen LogP contribution in [0.2, 0.25) is 0 Å². The lowest BCUT2D eigenvalue weighted by molar-refractivity contribution is 0.0757. The molecule has 0 aliphatic carbocycles. The van der Waals surface area contributed by atoms with Gasteiger partial charge in [0, 0.05) is 44.8 Å². The van der Waals surface area contributed by atoms with Crippen LogP contribution >= 0.6 is 0 Å². The molecule has 26 heavy (non-hydrogen) atoms. The summed E-state index contributed by atoms with van der Waals surface area (Å²) in [6, 6.07) is 7.47. The second-order valence-corrected chi connectivity index (χ2v) is 9.34. The van der Waals surface area contributed by atoms with Crippen molar-refractivity contribution in [2.45, 2.75) is 27.2 Å². The molecule has 1 aromatic rings. The van der Waals surface area contributed by atoms with E-state index in [0.717, 1.165) is 12.0 Å². The summed E-state index contributed by atoms with van der Waals surface area (Å²) in [5.41, 5.74) is 1.56. The van der Waals surface area contributed by atoms with Gasteiger partial charge in [-0.2, -0.15) is 4.31 Å². The lowest BCUT2D eigenvalue weighted by atomic mass is 10.1. The number of nitrogens with one attached hydrogen (secondary N) is 1. The van der Waals surface area contributed by atoms with Gasteiger partial charge in [0.05, 0.1) is 5.75 Å². The fraction of sp³-hybridized carbons (Fsp3) is 0.632. The molecule has 1 aromatic carbocycles. The minimum Gasteiger partial charge on any atom is -0.338 e. The molecule has 0 aromatic heterocycles. The van der Waals surface area contributed by atoms with E-state index in [2.05, 4.69) is 19.2 Å². The average Bonchev–Trinajstić information content (AvgIpc) is 2.62. The van der Waals surface area contributed by atoms with Crippen LogP contribution in [0.4, 0.5) is 0 Å². The van der Waals surface area contributed by atoms with Crippen LogP contribution in [0.5, 0.6) is 0 Å². The molecule has 0 unspecified atom stereocenters. The summed E-state index contributed by atoms with van der Waals surface area (Å²) in [5, 5.41) is 3.16. The second kappa shape index (κ2) is 9.48. The highest BCUT2D eigenvalue weighted by Crippen LogP contribution is 2.13. The first-order valence-corrected chi connectivity index (χ1v) is 11.0. The zero-order valence-corrected chi connectivity index (χ0v) is 16.9. The number of hydrogen-bond donors (Lipinski definition) is 1. The van der Waals surface area contributed by atoms with E-state index in [0.29, 0.717) is 44.2 Å². The Bertz CT molecular complexity index is 698. The number of piperazine rings is 1. The van der Waals surface area contributed by atoms with Crippen LogP contribution in [-0.4, -0.2) is 68.6 Å². The van der Waals surface area contributed by atoms with Gasteiger partial charge in [-0.05, 0) is 30.9 Å². The Morgan fingerprint density at radius 3 is 2.46 bits per heavy atom. The van der Waals surface area contributed by atoms with E-state index in [9.17, 15) is 13.2 Å². The number of nitrogens with zero attached hydrogens (tertiary/aromatic N) is 2. The van der Waals surface area contributed by atoms with Crippen molar-refractivity contribution < 1.29 is 13.2 Å². The smallest absolute Gasteiger partial charge is 0.254 e. The maximum atomic E-state index is 13.0. The topological polar surface area (TPSA) is 69.7 Å². The van der Waals surface area contributed by atoms with Gasteiger partial charge in [0.25, 0.3) is 5.91 Å². The Labute approximate surface area is 157 Å². The Balaban J connectivity index is 2.09. The number of benzene rings is 1. The lowest BCUT2D eigenvalue weighted by Gasteiger charge is -2.29. The van der Waals surface area contributed by atoms with Crippen molar-refractivity contribution in [3.8, 4) is 0 Å². The van der Waals surface area contributed by atoms with Gasteiger partial charge in [-0.1, -0.05) is 32.0 Å². The first-order valence-electron chi connectivity index (χ1n) is 9.34. The predicted octanol–water partition coefficient (Wildman–Crippen LogP) is 1.72. The van der Waals surface area contributed by atoms with Crippen LogP contribution in [0, 0.1) is 12.8 Å². The van der Waals surface area contributed by atoms with Crippen molar-refractivity contribution >= 4 is 15.9 Å². The van der Waals surface area contributed by atoms with Crippen LogP contribution in [0.15, 0.2) is 24.3 Å². The third kappa shape index (κ3) is 5.79. The molecule has 0 atom stereocenters. The molecule has 1 heterocycles. The normalized spacial score (nSPS) is 16.0. The Hall–Kier alpha value is -1.44. The fourth-order valence-corrected chi connectivity index (χ4v) is 4.44. The van der Waals surface area contributed by atoms with Crippen LogP contribution in [0.1, 0.15) is 36.2 Å². The zero-order chi connectivity index (χ0) is 19.2. The molecule has 1 N–H and O–H groups in total. The fourth-order valence-electron chi connectivity index (χ4n) is 2.99. The number of rotatable bonds is 8. The maximum absolute atomic E-state index is 13.0. The van der Waals surface area contributed by atoms with E-state index in [1.807, 2.05) is 31.2 Å². The summed E-state index contributed by atoms with van der Waals surface area (Å²) in [4.78, 5) is 14.7. The number of sulfonamides is 1. The molecule has 1 saturated heterocycles.